The topological polar surface area (TPSA) is 91.3 Å². The van der Waals surface area contributed by atoms with Crippen molar-refractivity contribution in [1.82, 2.24) is 9.99 Å². The van der Waals surface area contributed by atoms with Gasteiger partial charge in [0.1, 0.15) is 5.75 Å². The molecule has 1 aromatic heterocycles. The fourth-order valence-corrected chi connectivity index (χ4v) is 4.69. The van der Waals surface area contributed by atoms with Gasteiger partial charge in [-0.15, -0.1) is 0 Å². The van der Waals surface area contributed by atoms with Gasteiger partial charge in [0.2, 0.25) is 0 Å². The first-order chi connectivity index (χ1) is 21.2. The molecule has 208 valence electrons. The summed E-state index contributed by atoms with van der Waals surface area (Å²) in [4.78, 5) is 12.9. The first-order valence-corrected chi connectivity index (χ1v) is 13.7. The van der Waals surface area contributed by atoms with Crippen LogP contribution >= 0.6 is 0 Å². The lowest BCUT2D eigenvalue weighted by Gasteiger charge is -2.15. The average molecular weight is 562 g/mol. The van der Waals surface area contributed by atoms with E-state index in [9.17, 15) is 9.90 Å². The SMILES string of the molecule is O=C(NN=Cc1cc(N=Nc2ccccc2)ccc1O)c1ccc(-n2c(-c3ccccc3)ccc2-c2ccccc2)cc1. The van der Waals surface area contributed by atoms with Crippen LogP contribution in [0.2, 0.25) is 0 Å². The predicted molar refractivity (Wildman–Crippen MR) is 170 cm³/mol. The van der Waals surface area contributed by atoms with Crippen LogP contribution < -0.4 is 5.43 Å². The maximum atomic E-state index is 12.9. The van der Waals surface area contributed by atoms with Gasteiger partial charge < -0.3 is 9.67 Å². The number of hydrazone groups is 1. The van der Waals surface area contributed by atoms with Crippen LogP contribution in [0.3, 0.4) is 0 Å². The molecule has 0 unspecified atom stereocenters. The number of rotatable bonds is 8. The van der Waals surface area contributed by atoms with Gasteiger partial charge in [0, 0.05) is 16.8 Å². The van der Waals surface area contributed by atoms with Crippen molar-refractivity contribution in [3.63, 3.8) is 0 Å². The fraction of sp³-hybridized carbons (Fsp3) is 0. The molecule has 0 atom stereocenters. The fourth-order valence-electron chi connectivity index (χ4n) is 4.69. The third-order valence-electron chi connectivity index (χ3n) is 6.83. The summed E-state index contributed by atoms with van der Waals surface area (Å²) < 4.78 is 2.19. The molecule has 0 aliphatic rings. The molecule has 0 fully saturated rings. The molecule has 2 N–H and O–H groups in total. The normalized spacial score (nSPS) is 11.3. The molecule has 0 aliphatic heterocycles. The van der Waals surface area contributed by atoms with E-state index < -0.39 is 0 Å². The number of hydrogen-bond acceptors (Lipinski definition) is 5. The van der Waals surface area contributed by atoms with E-state index >= 15 is 0 Å². The number of nitrogens with zero attached hydrogens (tertiary/aromatic N) is 4. The monoisotopic (exact) mass is 561 g/mol. The molecule has 1 amide bonds. The number of aromatic nitrogens is 1. The Morgan fingerprint density at radius 3 is 1.79 bits per heavy atom. The van der Waals surface area contributed by atoms with Gasteiger partial charge in [0.25, 0.3) is 5.91 Å². The van der Waals surface area contributed by atoms with E-state index in [0.717, 1.165) is 28.2 Å². The second kappa shape index (κ2) is 12.6. The van der Waals surface area contributed by atoms with Crippen molar-refractivity contribution in [2.45, 2.75) is 0 Å². The zero-order chi connectivity index (χ0) is 29.4. The third-order valence-corrected chi connectivity index (χ3v) is 6.83. The van der Waals surface area contributed by atoms with E-state index in [0.29, 0.717) is 22.5 Å². The van der Waals surface area contributed by atoms with E-state index in [4.69, 9.17) is 0 Å². The van der Waals surface area contributed by atoms with Crippen molar-refractivity contribution in [3.05, 3.63) is 157 Å². The maximum Gasteiger partial charge on any atom is 0.271 e. The molecule has 5 aromatic carbocycles. The van der Waals surface area contributed by atoms with Crippen molar-refractivity contribution >= 4 is 23.5 Å². The van der Waals surface area contributed by atoms with E-state index in [2.05, 4.69) is 61.7 Å². The summed E-state index contributed by atoms with van der Waals surface area (Å²) in [7, 11) is 0. The Bertz CT molecular complexity index is 1840. The van der Waals surface area contributed by atoms with Crippen molar-refractivity contribution in [3.8, 4) is 34.0 Å². The molecule has 0 aliphatic carbocycles. The summed E-state index contributed by atoms with van der Waals surface area (Å²) in [5, 5.41) is 22.7. The highest BCUT2D eigenvalue weighted by Crippen LogP contribution is 2.32. The predicted octanol–water partition coefficient (Wildman–Crippen LogP) is 8.70. The Kier molecular flexibility index (Phi) is 7.95. The van der Waals surface area contributed by atoms with Crippen molar-refractivity contribution in [2.75, 3.05) is 0 Å². The van der Waals surface area contributed by atoms with Crippen LogP contribution in [-0.4, -0.2) is 21.8 Å². The summed E-state index contributed by atoms with van der Waals surface area (Å²) in [6.07, 6.45) is 1.38. The van der Waals surface area contributed by atoms with Gasteiger partial charge in [-0.3, -0.25) is 4.79 Å². The van der Waals surface area contributed by atoms with Crippen LogP contribution in [-0.2, 0) is 0 Å². The molecule has 1 heterocycles. The molecule has 7 heteroatoms. The minimum atomic E-state index is -0.374. The van der Waals surface area contributed by atoms with Gasteiger partial charge in [-0.1, -0.05) is 78.9 Å². The van der Waals surface area contributed by atoms with Crippen LogP contribution in [0.1, 0.15) is 15.9 Å². The highest BCUT2D eigenvalue weighted by molar-refractivity contribution is 5.95. The molecule has 7 nitrogen and oxygen atoms in total. The Morgan fingerprint density at radius 2 is 1.19 bits per heavy atom. The van der Waals surface area contributed by atoms with Gasteiger partial charge in [-0.25, -0.2) is 5.43 Å². The number of aromatic hydroxyl groups is 1. The number of amides is 1. The van der Waals surface area contributed by atoms with Crippen LogP contribution in [0.15, 0.2) is 161 Å². The van der Waals surface area contributed by atoms with Crippen LogP contribution in [0.4, 0.5) is 11.4 Å². The van der Waals surface area contributed by atoms with Gasteiger partial charge in [0.15, 0.2) is 0 Å². The Labute approximate surface area is 249 Å². The number of hydrogen-bond donors (Lipinski definition) is 2. The van der Waals surface area contributed by atoms with E-state index in [1.165, 1.54) is 12.3 Å². The smallest absolute Gasteiger partial charge is 0.271 e. The summed E-state index contributed by atoms with van der Waals surface area (Å²) in [5.41, 5.74) is 9.85. The lowest BCUT2D eigenvalue weighted by atomic mass is 10.1. The van der Waals surface area contributed by atoms with Gasteiger partial charge in [-0.05, 0) is 77.9 Å². The molecular formula is C36H27N5O2. The quantitative estimate of drug-likeness (QED) is 0.111. The number of carbonyl (C=O) groups is 1. The summed E-state index contributed by atoms with van der Waals surface area (Å²) in [6, 6.07) is 46.2. The minimum Gasteiger partial charge on any atom is -0.507 e. The third kappa shape index (κ3) is 6.31. The Hall–Kier alpha value is -6.08. The second-order valence-corrected chi connectivity index (χ2v) is 9.70. The van der Waals surface area contributed by atoms with E-state index in [-0.39, 0.29) is 11.7 Å². The lowest BCUT2D eigenvalue weighted by molar-refractivity contribution is 0.0955. The van der Waals surface area contributed by atoms with Crippen molar-refractivity contribution in [1.29, 1.82) is 0 Å². The van der Waals surface area contributed by atoms with Crippen molar-refractivity contribution < 1.29 is 9.90 Å². The molecule has 0 saturated carbocycles. The minimum absolute atomic E-state index is 0.0103. The van der Waals surface area contributed by atoms with Crippen molar-refractivity contribution in [2.24, 2.45) is 15.3 Å². The standard InChI is InChI=1S/C36H27N5O2/c42-35-23-18-31(39-38-30-14-8-3-9-15-30)24-29(35)25-37-40-36(43)28-16-19-32(20-17-28)41-33(26-10-4-1-5-11-26)21-22-34(41)27-12-6-2-7-13-27/h1-25,42H,(H,40,43). The summed E-state index contributed by atoms with van der Waals surface area (Å²) in [5.74, 6) is -0.363. The summed E-state index contributed by atoms with van der Waals surface area (Å²) in [6.45, 7) is 0. The van der Waals surface area contributed by atoms with Gasteiger partial charge in [0.05, 0.1) is 29.0 Å². The number of nitrogens with one attached hydrogen (secondary N) is 1. The van der Waals surface area contributed by atoms with Crippen LogP contribution in [0, 0.1) is 0 Å². The molecule has 0 radical (unpaired) electrons. The molecule has 43 heavy (non-hydrogen) atoms. The van der Waals surface area contributed by atoms with E-state index in [1.807, 2.05) is 78.9 Å². The highest BCUT2D eigenvalue weighted by atomic mass is 16.3. The molecule has 0 saturated heterocycles. The first kappa shape index (κ1) is 27.1. The maximum absolute atomic E-state index is 12.9. The highest BCUT2D eigenvalue weighted by Gasteiger charge is 2.14. The first-order valence-electron chi connectivity index (χ1n) is 13.7. The zero-order valence-electron chi connectivity index (χ0n) is 23.1. The second-order valence-electron chi connectivity index (χ2n) is 9.70. The number of carbonyl (C=O) groups excluding carboxylic acids is 1. The lowest BCUT2D eigenvalue weighted by Crippen LogP contribution is -2.17. The molecular weight excluding hydrogens is 534 g/mol. The zero-order valence-corrected chi connectivity index (χ0v) is 23.1. The number of phenols is 1. The van der Waals surface area contributed by atoms with Gasteiger partial charge in [-0.2, -0.15) is 15.3 Å². The molecule has 0 bridgehead atoms. The molecule has 0 spiro atoms. The Morgan fingerprint density at radius 1 is 0.628 bits per heavy atom. The Balaban J connectivity index is 1.20. The van der Waals surface area contributed by atoms with E-state index in [1.54, 1.807) is 24.3 Å². The molecule has 6 aromatic rings. The van der Waals surface area contributed by atoms with Crippen LogP contribution in [0.25, 0.3) is 28.2 Å². The number of azo groups is 1. The molecule has 6 rings (SSSR count). The van der Waals surface area contributed by atoms with Crippen LogP contribution in [0.5, 0.6) is 5.75 Å². The van der Waals surface area contributed by atoms with Gasteiger partial charge >= 0.3 is 0 Å². The summed E-state index contributed by atoms with van der Waals surface area (Å²) >= 11 is 0. The number of benzene rings is 5. The average Bonchev–Trinajstić information content (AvgIpc) is 3.52. The number of phenolic OH excluding ortho intramolecular Hbond substituents is 1. The largest absolute Gasteiger partial charge is 0.507 e.